The fraction of sp³-hybridized carbons (Fsp3) is 0.261. The van der Waals surface area contributed by atoms with Crippen LogP contribution in [0.2, 0.25) is 0 Å². The Bertz CT molecular complexity index is 1060. The van der Waals surface area contributed by atoms with Gasteiger partial charge in [-0.15, -0.1) is 0 Å². The van der Waals surface area contributed by atoms with Crippen molar-refractivity contribution in [3.05, 3.63) is 71.4 Å². The lowest BCUT2D eigenvalue weighted by Gasteiger charge is -2.30. The number of nitriles is 1. The zero-order valence-corrected chi connectivity index (χ0v) is 16.4. The summed E-state index contributed by atoms with van der Waals surface area (Å²) in [6.45, 7) is 3.29. The zero-order valence-electron chi connectivity index (χ0n) is 16.4. The third-order valence-electron chi connectivity index (χ3n) is 5.26. The highest BCUT2D eigenvalue weighted by Gasteiger charge is 2.25. The van der Waals surface area contributed by atoms with E-state index < -0.39 is 0 Å². The van der Waals surface area contributed by atoms with E-state index in [-0.39, 0.29) is 11.9 Å². The number of carbonyl (C=O) groups is 1. The van der Waals surface area contributed by atoms with Crippen molar-refractivity contribution in [1.82, 2.24) is 14.7 Å². The predicted octanol–water partition coefficient (Wildman–Crippen LogP) is 3.28. The normalized spacial score (nSPS) is 16.4. The molecular formula is C23H23N5O. The maximum Gasteiger partial charge on any atom is 0.274 e. The van der Waals surface area contributed by atoms with Crippen molar-refractivity contribution in [3.8, 4) is 23.0 Å². The van der Waals surface area contributed by atoms with Crippen LogP contribution in [0.1, 0.15) is 34.5 Å². The lowest BCUT2D eigenvalue weighted by molar-refractivity contribution is 0.0702. The van der Waals surface area contributed by atoms with Gasteiger partial charge in [-0.05, 0) is 50.1 Å². The number of likely N-dealkylation sites (tertiary alicyclic amines) is 1. The molecule has 146 valence electrons. The van der Waals surface area contributed by atoms with E-state index in [2.05, 4.69) is 11.2 Å². The van der Waals surface area contributed by atoms with Crippen LogP contribution >= 0.6 is 0 Å². The third kappa shape index (κ3) is 3.91. The first-order chi connectivity index (χ1) is 14.0. The van der Waals surface area contributed by atoms with Crippen LogP contribution < -0.4 is 5.73 Å². The number of piperidine rings is 1. The second kappa shape index (κ2) is 7.90. The third-order valence-corrected chi connectivity index (χ3v) is 5.26. The molecule has 0 spiro atoms. The highest BCUT2D eigenvalue weighted by molar-refractivity contribution is 5.93. The van der Waals surface area contributed by atoms with Crippen molar-refractivity contribution < 1.29 is 4.79 Å². The number of rotatable bonds is 3. The maximum absolute atomic E-state index is 13.1. The second-order valence-corrected chi connectivity index (χ2v) is 7.50. The van der Waals surface area contributed by atoms with Gasteiger partial charge in [-0.1, -0.05) is 29.8 Å². The molecule has 1 saturated heterocycles. The molecule has 0 radical (unpaired) electrons. The molecule has 1 aromatic heterocycles. The Labute approximate surface area is 170 Å². The predicted molar refractivity (Wildman–Crippen MR) is 112 cm³/mol. The fourth-order valence-corrected chi connectivity index (χ4v) is 3.65. The number of hydrogen-bond acceptors (Lipinski definition) is 4. The number of hydrogen-bond donors (Lipinski definition) is 1. The number of nitrogens with two attached hydrogens (primary N) is 1. The monoisotopic (exact) mass is 385 g/mol. The van der Waals surface area contributed by atoms with Crippen LogP contribution in [0.3, 0.4) is 0 Å². The molecule has 1 atom stereocenters. The number of aryl methyl sites for hydroxylation is 1. The summed E-state index contributed by atoms with van der Waals surface area (Å²) < 4.78 is 1.79. The van der Waals surface area contributed by atoms with Crippen LogP contribution in [0.4, 0.5) is 0 Å². The highest BCUT2D eigenvalue weighted by atomic mass is 16.2. The average molecular weight is 385 g/mol. The first kappa shape index (κ1) is 18.9. The molecule has 2 heterocycles. The van der Waals surface area contributed by atoms with Crippen LogP contribution in [-0.4, -0.2) is 39.7 Å². The molecule has 0 aliphatic carbocycles. The number of carbonyl (C=O) groups excluding carboxylic acids is 1. The Kier molecular flexibility index (Phi) is 5.15. The van der Waals surface area contributed by atoms with Gasteiger partial charge in [0, 0.05) is 24.7 Å². The van der Waals surface area contributed by atoms with E-state index in [1.54, 1.807) is 21.7 Å². The molecule has 3 aromatic rings. The largest absolute Gasteiger partial charge is 0.336 e. The van der Waals surface area contributed by atoms with Gasteiger partial charge in [0.05, 0.1) is 23.0 Å². The Morgan fingerprint density at radius 2 is 1.90 bits per heavy atom. The van der Waals surface area contributed by atoms with Gasteiger partial charge in [0.25, 0.3) is 5.91 Å². The van der Waals surface area contributed by atoms with Gasteiger partial charge in [0.2, 0.25) is 0 Å². The van der Waals surface area contributed by atoms with Crippen LogP contribution in [0.25, 0.3) is 16.9 Å². The Hall–Kier alpha value is -3.43. The first-order valence-corrected chi connectivity index (χ1v) is 9.77. The molecule has 1 aliphatic heterocycles. The molecule has 1 fully saturated rings. The Morgan fingerprint density at radius 3 is 2.55 bits per heavy atom. The second-order valence-electron chi connectivity index (χ2n) is 7.50. The molecule has 6 heteroatoms. The standard InChI is InChI=1S/C23H23N5O/c1-16-4-10-20(11-5-16)28-22(18-8-6-17(14-24)7-9-18)13-21(26-28)23(29)27-12-2-3-19(25)15-27/h4-11,13,19H,2-3,12,15,25H2,1H3/t19-/m1/s1. The summed E-state index contributed by atoms with van der Waals surface area (Å²) in [6.07, 6.45) is 1.85. The molecule has 4 rings (SSSR count). The van der Waals surface area contributed by atoms with Gasteiger partial charge in [-0.25, -0.2) is 4.68 Å². The van der Waals surface area contributed by atoms with E-state index in [4.69, 9.17) is 11.0 Å². The van der Waals surface area contributed by atoms with E-state index in [0.717, 1.165) is 35.3 Å². The van der Waals surface area contributed by atoms with Crippen LogP contribution in [0.15, 0.2) is 54.6 Å². The van der Waals surface area contributed by atoms with Crippen molar-refractivity contribution >= 4 is 5.91 Å². The minimum Gasteiger partial charge on any atom is -0.336 e. The van der Waals surface area contributed by atoms with Crippen molar-refractivity contribution in [2.75, 3.05) is 13.1 Å². The molecule has 0 saturated carbocycles. The van der Waals surface area contributed by atoms with E-state index in [1.807, 2.05) is 49.4 Å². The minimum atomic E-state index is -0.0964. The number of benzene rings is 2. The summed E-state index contributed by atoms with van der Waals surface area (Å²) in [5.41, 5.74) is 10.8. The smallest absolute Gasteiger partial charge is 0.274 e. The van der Waals surface area contributed by atoms with Gasteiger partial charge < -0.3 is 10.6 Å². The summed E-state index contributed by atoms with van der Waals surface area (Å²) in [4.78, 5) is 14.9. The quantitative estimate of drug-likeness (QED) is 0.749. The Morgan fingerprint density at radius 1 is 1.17 bits per heavy atom. The van der Waals surface area contributed by atoms with Gasteiger partial charge in [-0.3, -0.25) is 4.79 Å². The van der Waals surface area contributed by atoms with Gasteiger partial charge in [-0.2, -0.15) is 10.4 Å². The maximum atomic E-state index is 13.1. The average Bonchev–Trinajstić information content (AvgIpc) is 3.19. The van der Waals surface area contributed by atoms with Crippen molar-refractivity contribution in [1.29, 1.82) is 5.26 Å². The van der Waals surface area contributed by atoms with Gasteiger partial charge in [0.1, 0.15) is 0 Å². The lowest BCUT2D eigenvalue weighted by atomic mass is 10.1. The zero-order chi connectivity index (χ0) is 20.4. The number of nitrogens with zero attached hydrogens (tertiary/aromatic N) is 4. The molecule has 2 aromatic carbocycles. The van der Waals surface area contributed by atoms with Crippen molar-refractivity contribution in [3.63, 3.8) is 0 Å². The number of aromatic nitrogens is 2. The lowest BCUT2D eigenvalue weighted by Crippen LogP contribution is -2.45. The highest BCUT2D eigenvalue weighted by Crippen LogP contribution is 2.26. The SMILES string of the molecule is Cc1ccc(-n2nc(C(=O)N3CCC[C@@H](N)C3)cc2-c2ccc(C#N)cc2)cc1. The first-order valence-electron chi connectivity index (χ1n) is 9.77. The van der Waals surface area contributed by atoms with Gasteiger partial charge >= 0.3 is 0 Å². The summed E-state index contributed by atoms with van der Waals surface area (Å²) in [7, 11) is 0. The van der Waals surface area contributed by atoms with Crippen molar-refractivity contribution in [2.45, 2.75) is 25.8 Å². The summed E-state index contributed by atoms with van der Waals surface area (Å²) in [5, 5.41) is 13.7. The van der Waals surface area contributed by atoms with Crippen molar-refractivity contribution in [2.24, 2.45) is 5.73 Å². The molecule has 1 aliphatic rings. The van der Waals surface area contributed by atoms with Crippen LogP contribution in [0, 0.1) is 18.3 Å². The summed E-state index contributed by atoms with van der Waals surface area (Å²) in [6, 6.07) is 19.3. The minimum absolute atomic E-state index is 0.0184. The van der Waals surface area contributed by atoms with E-state index >= 15 is 0 Å². The van der Waals surface area contributed by atoms with E-state index in [1.165, 1.54) is 0 Å². The van der Waals surface area contributed by atoms with Crippen LogP contribution in [-0.2, 0) is 0 Å². The Balaban J connectivity index is 1.76. The van der Waals surface area contributed by atoms with E-state index in [0.29, 0.717) is 24.3 Å². The molecule has 2 N–H and O–H groups in total. The molecule has 0 unspecified atom stereocenters. The molecule has 29 heavy (non-hydrogen) atoms. The molecule has 1 amide bonds. The van der Waals surface area contributed by atoms with E-state index in [9.17, 15) is 4.79 Å². The molecule has 6 nitrogen and oxygen atoms in total. The van der Waals surface area contributed by atoms with Gasteiger partial charge in [0.15, 0.2) is 5.69 Å². The molecule has 0 bridgehead atoms. The number of amides is 1. The topological polar surface area (TPSA) is 87.9 Å². The molecular weight excluding hydrogens is 362 g/mol. The van der Waals surface area contributed by atoms with Crippen LogP contribution in [0.5, 0.6) is 0 Å². The summed E-state index contributed by atoms with van der Waals surface area (Å²) >= 11 is 0. The fourth-order valence-electron chi connectivity index (χ4n) is 3.65. The summed E-state index contributed by atoms with van der Waals surface area (Å²) in [5.74, 6) is -0.0964.